The third kappa shape index (κ3) is 7.27. The van der Waals surface area contributed by atoms with Crippen LogP contribution < -0.4 is 16.4 Å². The molecule has 2 amide bonds. The molecule has 4 N–H and O–H groups in total. The Bertz CT molecular complexity index is 182. The van der Waals surface area contributed by atoms with Gasteiger partial charge in [0.15, 0.2) is 0 Å². The van der Waals surface area contributed by atoms with Gasteiger partial charge in [-0.25, -0.2) is 0 Å². The minimum absolute atomic E-state index is 0.0962. The van der Waals surface area contributed by atoms with Gasteiger partial charge >= 0.3 is 0 Å². The molecule has 0 aromatic rings. The lowest BCUT2D eigenvalue weighted by Crippen LogP contribution is -2.41. The predicted octanol–water partition coefficient (Wildman–Crippen LogP) is -1.02. The van der Waals surface area contributed by atoms with Gasteiger partial charge in [0.25, 0.3) is 0 Å². The lowest BCUT2D eigenvalue weighted by Gasteiger charge is -2.10. The number of hydrogen-bond donors (Lipinski definition) is 3. The quantitative estimate of drug-likeness (QED) is 0.497. The number of carbonyl (C=O) groups excluding carboxylic acids is 2. The number of rotatable bonds is 6. The molecule has 13 heavy (non-hydrogen) atoms. The average molecular weight is 187 g/mol. The molecule has 0 rings (SSSR count). The minimum atomic E-state index is -0.531. The summed E-state index contributed by atoms with van der Waals surface area (Å²) in [5, 5.41) is 5.38. The van der Waals surface area contributed by atoms with Crippen LogP contribution in [-0.2, 0) is 9.59 Å². The fourth-order valence-corrected chi connectivity index (χ4v) is 0.659. The molecule has 0 aliphatic rings. The van der Waals surface area contributed by atoms with E-state index < -0.39 is 5.91 Å². The molecule has 5 heteroatoms. The zero-order valence-electron chi connectivity index (χ0n) is 8.09. The summed E-state index contributed by atoms with van der Waals surface area (Å²) in [5.74, 6) is -0.740. The second-order valence-corrected chi connectivity index (χ2v) is 2.93. The molecule has 1 unspecified atom stereocenters. The van der Waals surface area contributed by atoms with Gasteiger partial charge in [0.1, 0.15) is 0 Å². The van der Waals surface area contributed by atoms with Gasteiger partial charge < -0.3 is 16.4 Å². The number of amides is 2. The molecule has 0 saturated carbocycles. The third-order valence-electron chi connectivity index (χ3n) is 1.68. The molecule has 1 atom stereocenters. The monoisotopic (exact) mass is 187 g/mol. The SMILES string of the molecule is CCC(C)NCC(=O)NCC(N)=O. The molecule has 0 aliphatic carbocycles. The van der Waals surface area contributed by atoms with Crippen LogP contribution >= 0.6 is 0 Å². The van der Waals surface area contributed by atoms with Crippen LogP contribution in [0.2, 0.25) is 0 Å². The maximum Gasteiger partial charge on any atom is 0.236 e. The second-order valence-electron chi connectivity index (χ2n) is 2.93. The van der Waals surface area contributed by atoms with Crippen LogP contribution in [0, 0.1) is 0 Å². The van der Waals surface area contributed by atoms with E-state index in [0.29, 0.717) is 6.04 Å². The number of hydrogen-bond acceptors (Lipinski definition) is 3. The molecular formula is C8H17N3O2. The van der Waals surface area contributed by atoms with Gasteiger partial charge in [0.2, 0.25) is 11.8 Å². The predicted molar refractivity (Wildman–Crippen MR) is 50.0 cm³/mol. The van der Waals surface area contributed by atoms with Crippen LogP contribution in [0.25, 0.3) is 0 Å². The molecule has 0 heterocycles. The summed E-state index contributed by atoms with van der Waals surface area (Å²) in [4.78, 5) is 21.3. The second kappa shape index (κ2) is 6.42. The number of carbonyl (C=O) groups is 2. The molecular weight excluding hydrogens is 170 g/mol. The van der Waals surface area contributed by atoms with E-state index in [-0.39, 0.29) is 19.0 Å². The van der Waals surface area contributed by atoms with Gasteiger partial charge in [-0.15, -0.1) is 0 Å². The van der Waals surface area contributed by atoms with Crippen molar-refractivity contribution in [1.29, 1.82) is 0 Å². The molecule has 5 nitrogen and oxygen atoms in total. The van der Waals surface area contributed by atoms with Crippen LogP contribution in [0.3, 0.4) is 0 Å². The maximum absolute atomic E-state index is 11.0. The van der Waals surface area contributed by atoms with Crippen molar-refractivity contribution in [3.63, 3.8) is 0 Å². The summed E-state index contributed by atoms with van der Waals surface area (Å²) in [6.45, 7) is 4.14. The van der Waals surface area contributed by atoms with Crippen LogP contribution in [0.1, 0.15) is 20.3 Å². The normalized spacial score (nSPS) is 12.2. The van der Waals surface area contributed by atoms with E-state index in [9.17, 15) is 9.59 Å². The number of primary amides is 1. The molecule has 0 radical (unpaired) electrons. The Morgan fingerprint density at radius 3 is 2.46 bits per heavy atom. The molecule has 0 aromatic heterocycles. The van der Waals surface area contributed by atoms with Crippen molar-refractivity contribution >= 4 is 11.8 Å². The van der Waals surface area contributed by atoms with E-state index in [4.69, 9.17) is 5.73 Å². The largest absolute Gasteiger partial charge is 0.368 e. The van der Waals surface area contributed by atoms with Crippen LogP contribution in [0.4, 0.5) is 0 Å². The fraction of sp³-hybridized carbons (Fsp3) is 0.750. The van der Waals surface area contributed by atoms with Gasteiger partial charge in [-0.2, -0.15) is 0 Å². The Labute approximate surface area is 78.1 Å². The summed E-state index contributed by atoms with van der Waals surface area (Å²) >= 11 is 0. The minimum Gasteiger partial charge on any atom is -0.368 e. The Balaban J connectivity index is 3.46. The van der Waals surface area contributed by atoms with E-state index in [0.717, 1.165) is 6.42 Å². The lowest BCUT2D eigenvalue weighted by molar-refractivity contribution is -0.124. The number of nitrogens with one attached hydrogen (secondary N) is 2. The van der Waals surface area contributed by atoms with Crippen LogP contribution in [-0.4, -0.2) is 30.9 Å². The highest BCUT2D eigenvalue weighted by Gasteiger charge is 2.03. The van der Waals surface area contributed by atoms with Crippen LogP contribution in [0.15, 0.2) is 0 Å². The molecule has 76 valence electrons. The standard InChI is InChI=1S/C8H17N3O2/c1-3-6(2)10-5-8(13)11-4-7(9)12/h6,10H,3-5H2,1-2H3,(H2,9,12)(H,11,13). The van der Waals surface area contributed by atoms with Crippen molar-refractivity contribution < 1.29 is 9.59 Å². The van der Waals surface area contributed by atoms with E-state index in [1.54, 1.807) is 0 Å². The molecule has 0 bridgehead atoms. The first-order valence-corrected chi connectivity index (χ1v) is 4.34. The first kappa shape index (κ1) is 11.9. The van der Waals surface area contributed by atoms with E-state index >= 15 is 0 Å². The summed E-state index contributed by atoms with van der Waals surface area (Å²) in [6, 6.07) is 0.305. The first-order valence-electron chi connectivity index (χ1n) is 4.34. The van der Waals surface area contributed by atoms with Gasteiger partial charge in [0, 0.05) is 6.04 Å². The van der Waals surface area contributed by atoms with Gasteiger partial charge in [-0.3, -0.25) is 9.59 Å². The molecule has 0 fully saturated rings. The van der Waals surface area contributed by atoms with Gasteiger partial charge in [-0.1, -0.05) is 6.92 Å². The van der Waals surface area contributed by atoms with Crippen molar-refractivity contribution in [3.05, 3.63) is 0 Å². The molecule has 0 spiro atoms. The van der Waals surface area contributed by atoms with Crippen molar-refractivity contribution in [1.82, 2.24) is 10.6 Å². The summed E-state index contributed by atoms with van der Waals surface area (Å²) in [5.41, 5.74) is 4.85. The summed E-state index contributed by atoms with van der Waals surface area (Å²) in [7, 11) is 0. The van der Waals surface area contributed by atoms with E-state index in [1.807, 2.05) is 13.8 Å². The van der Waals surface area contributed by atoms with Crippen molar-refractivity contribution in [2.75, 3.05) is 13.1 Å². The highest BCUT2D eigenvalue weighted by Crippen LogP contribution is 1.85. The average Bonchev–Trinajstić information content (AvgIpc) is 2.10. The third-order valence-corrected chi connectivity index (χ3v) is 1.68. The van der Waals surface area contributed by atoms with E-state index in [1.165, 1.54) is 0 Å². The Kier molecular flexibility index (Phi) is 5.88. The fourth-order valence-electron chi connectivity index (χ4n) is 0.659. The molecule has 0 aromatic carbocycles. The maximum atomic E-state index is 11.0. The first-order chi connectivity index (χ1) is 6.06. The zero-order valence-corrected chi connectivity index (χ0v) is 8.09. The van der Waals surface area contributed by atoms with Crippen molar-refractivity contribution in [2.24, 2.45) is 5.73 Å². The van der Waals surface area contributed by atoms with Gasteiger partial charge in [0.05, 0.1) is 13.1 Å². The highest BCUT2D eigenvalue weighted by molar-refractivity contribution is 5.84. The van der Waals surface area contributed by atoms with Gasteiger partial charge in [-0.05, 0) is 13.3 Å². The smallest absolute Gasteiger partial charge is 0.236 e. The Morgan fingerprint density at radius 2 is 2.00 bits per heavy atom. The zero-order chi connectivity index (χ0) is 10.3. The lowest BCUT2D eigenvalue weighted by atomic mass is 10.2. The summed E-state index contributed by atoms with van der Waals surface area (Å²) in [6.07, 6.45) is 0.961. The van der Waals surface area contributed by atoms with Crippen molar-refractivity contribution in [2.45, 2.75) is 26.3 Å². The van der Waals surface area contributed by atoms with E-state index in [2.05, 4.69) is 10.6 Å². The Hall–Kier alpha value is -1.10. The molecule has 0 aliphatic heterocycles. The number of nitrogens with two attached hydrogens (primary N) is 1. The van der Waals surface area contributed by atoms with Crippen LogP contribution in [0.5, 0.6) is 0 Å². The topological polar surface area (TPSA) is 84.2 Å². The highest BCUT2D eigenvalue weighted by atomic mass is 16.2. The Morgan fingerprint density at radius 1 is 1.38 bits per heavy atom. The van der Waals surface area contributed by atoms with Crippen molar-refractivity contribution in [3.8, 4) is 0 Å². The summed E-state index contributed by atoms with van der Waals surface area (Å²) < 4.78 is 0. The molecule has 0 saturated heterocycles.